The molecule has 2 heterocycles. The number of carbonyl (C=O) groups is 1. The zero-order valence-corrected chi connectivity index (χ0v) is 14.3. The van der Waals surface area contributed by atoms with E-state index >= 15 is 0 Å². The normalized spacial score (nSPS) is 17.0. The van der Waals surface area contributed by atoms with Gasteiger partial charge >= 0.3 is 6.03 Å². The molecule has 126 valence electrons. The number of nitrogens with one attached hydrogen (secondary N) is 2. The molecular formula is C18H23N5O. The number of hydrogen-bond donors (Lipinski definition) is 2. The highest BCUT2D eigenvalue weighted by Crippen LogP contribution is 2.29. The second kappa shape index (κ2) is 6.55. The summed E-state index contributed by atoms with van der Waals surface area (Å²) in [6.45, 7) is 5.89. The SMILES string of the molecule is CC(C)(C)NC(=O)N[C@@H]1CCCc2nc(-c3cccnc3)ncc21. The van der Waals surface area contributed by atoms with Gasteiger partial charge in [-0.25, -0.2) is 14.8 Å². The molecule has 6 heteroatoms. The summed E-state index contributed by atoms with van der Waals surface area (Å²) >= 11 is 0. The van der Waals surface area contributed by atoms with E-state index in [1.165, 1.54) is 0 Å². The van der Waals surface area contributed by atoms with Crippen molar-refractivity contribution in [3.05, 3.63) is 42.0 Å². The summed E-state index contributed by atoms with van der Waals surface area (Å²) in [7, 11) is 0. The summed E-state index contributed by atoms with van der Waals surface area (Å²) in [5.74, 6) is 0.682. The van der Waals surface area contributed by atoms with Crippen LogP contribution in [0.1, 0.15) is 50.9 Å². The van der Waals surface area contributed by atoms with E-state index in [1.807, 2.05) is 39.1 Å². The lowest BCUT2D eigenvalue weighted by atomic mass is 9.92. The highest BCUT2D eigenvalue weighted by molar-refractivity contribution is 5.75. The lowest BCUT2D eigenvalue weighted by Crippen LogP contribution is -2.47. The first kappa shape index (κ1) is 16.4. The van der Waals surface area contributed by atoms with Crippen molar-refractivity contribution < 1.29 is 4.79 Å². The smallest absolute Gasteiger partial charge is 0.315 e. The fraction of sp³-hybridized carbons (Fsp3) is 0.444. The molecule has 2 N–H and O–H groups in total. The fourth-order valence-corrected chi connectivity index (χ4v) is 2.87. The van der Waals surface area contributed by atoms with E-state index < -0.39 is 0 Å². The van der Waals surface area contributed by atoms with E-state index in [0.29, 0.717) is 5.82 Å². The Bertz CT molecular complexity index is 724. The van der Waals surface area contributed by atoms with Gasteiger partial charge in [-0.15, -0.1) is 0 Å². The molecule has 6 nitrogen and oxygen atoms in total. The third kappa shape index (κ3) is 3.88. The largest absolute Gasteiger partial charge is 0.334 e. The molecule has 0 spiro atoms. The molecule has 0 bridgehead atoms. The van der Waals surface area contributed by atoms with Crippen LogP contribution in [0.2, 0.25) is 0 Å². The Kier molecular flexibility index (Phi) is 4.46. The van der Waals surface area contributed by atoms with Crippen LogP contribution in [0.4, 0.5) is 4.79 Å². The van der Waals surface area contributed by atoms with E-state index in [2.05, 4.69) is 20.6 Å². The quantitative estimate of drug-likeness (QED) is 0.889. The van der Waals surface area contributed by atoms with Crippen LogP contribution < -0.4 is 10.6 Å². The Hall–Kier alpha value is -2.50. The summed E-state index contributed by atoms with van der Waals surface area (Å²) in [4.78, 5) is 25.4. The Balaban J connectivity index is 1.80. The van der Waals surface area contributed by atoms with Gasteiger partial charge in [0.05, 0.1) is 6.04 Å². The lowest BCUT2D eigenvalue weighted by molar-refractivity contribution is 0.226. The number of carbonyl (C=O) groups excluding carboxylic acids is 1. The molecule has 3 rings (SSSR count). The summed E-state index contributed by atoms with van der Waals surface area (Å²) in [5.41, 5.74) is 2.66. The van der Waals surface area contributed by atoms with Gasteiger partial charge < -0.3 is 10.6 Å². The van der Waals surface area contributed by atoms with Crippen molar-refractivity contribution in [3.63, 3.8) is 0 Å². The summed E-state index contributed by atoms with van der Waals surface area (Å²) in [5, 5.41) is 5.98. The minimum Gasteiger partial charge on any atom is -0.334 e. The molecular weight excluding hydrogens is 302 g/mol. The van der Waals surface area contributed by atoms with E-state index in [9.17, 15) is 4.79 Å². The predicted octanol–water partition coefficient (Wildman–Crippen LogP) is 3.01. The molecule has 0 saturated heterocycles. The van der Waals surface area contributed by atoms with Gasteiger partial charge in [-0.1, -0.05) is 0 Å². The number of nitrogens with zero attached hydrogens (tertiary/aromatic N) is 3. The van der Waals surface area contributed by atoms with Gasteiger partial charge in [0, 0.05) is 41.0 Å². The van der Waals surface area contributed by atoms with Gasteiger partial charge in [0.2, 0.25) is 0 Å². The minimum absolute atomic E-state index is 0.0425. The summed E-state index contributed by atoms with van der Waals surface area (Å²) in [6.07, 6.45) is 8.14. The van der Waals surface area contributed by atoms with Gasteiger partial charge in [-0.05, 0) is 52.2 Å². The standard InChI is InChI=1S/C18H23N5O/c1-18(2,3)23-17(24)22-15-8-4-7-14-13(15)11-20-16(21-14)12-6-5-9-19-10-12/h5-6,9-11,15H,4,7-8H2,1-3H3,(H2,22,23,24)/t15-/m1/s1. The number of amides is 2. The number of hydrogen-bond acceptors (Lipinski definition) is 4. The molecule has 0 aromatic carbocycles. The molecule has 2 aromatic heterocycles. The van der Waals surface area contributed by atoms with Crippen molar-refractivity contribution in [3.8, 4) is 11.4 Å². The maximum absolute atomic E-state index is 12.2. The van der Waals surface area contributed by atoms with Crippen molar-refractivity contribution in [2.75, 3.05) is 0 Å². The molecule has 1 atom stereocenters. The Morgan fingerprint density at radius 3 is 2.83 bits per heavy atom. The number of pyridine rings is 1. The van der Waals surface area contributed by atoms with Crippen LogP contribution in [0.15, 0.2) is 30.7 Å². The topological polar surface area (TPSA) is 79.8 Å². The number of rotatable bonds is 2. The number of fused-ring (bicyclic) bond motifs is 1. The zero-order chi connectivity index (χ0) is 17.2. The zero-order valence-electron chi connectivity index (χ0n) is 14.3. The maximum Gasteiger partial charge on any atom is 0.315 e. The first-order valence-corrected chi connectivity index (χ1v) is 8.27. The molecule has 0 unspecified atom stereocenters. The van der Waals surface area contributed by atoms with Gasteiger partial charge in [-0.3, -0.25) is 4.98 Å². The highest BCUT2D eigenvalue weighted by Gasteiger charge is 2.25. The minimum atomic E-state index is -0.262. The molecule has 1 aliphatic rings. The predicted molar refractivity (Wildman–Crippen MR) is 92.4 cm³/mol. The molecule has 1 aliphatic carbocycles. The third-order valence-corrected chi connectivity index (χ3v) is 3.90. The van der Waals surface area contributed by atoms with Crippen LogP contribution >= 0.6 is 0 Å². The van der Waals surface area contributed by atoms with Crippen molar-refractivity contribution in [1.29, 1.82) is 0 Å². The Morgan fingerprint density at radius 2 is 2.12 bits per heavy atom. The molecule has 0 aliphatic heterocycles. The monoisotopic (exact) mass is 325 g/mol. The molecule has 0 saturated carbocycles. The molecule has 0 fully saturated rings. The Morgan fingerprint density at radius 1 is 1.29 bits per heavy atom. The molecule has 0 radical (unpaired) electrons. The van der Waals surface area contributed by atoms with E-state index in [4.69, 9.17) is 4.98 Å². The lowest BCUT2D eigenvalue weighted by Gasteiger charge is -2.28. The first-order chi connectivity index (χ1) is 11.4. The van der Waals surface area contributed by atoms with Crippen LogP contribution in [-0.4, -0.2) is 26.5 Å². The summed E-state index contributed by atoms with van der Waals surface area (Å²) < 4.78 is 0. The van der Waals surface area contributed by atoms with Crippen LogP contribution in [0.25, 0.3) is 11.4 Å². The number of aryl methyl sites for hydroxylation is 1. The van der Waals surface area contributed by atoms with Crippen molar-refractivity contribution >= 4 is 6.03 Å². The van der Waals surface area contributed by atoms with Crippen LogP contribution in [0.3, 0.4) is 0 Å². The number of urea groups is 1. The van der Waals surface area contributed by atoms with Crippen LogP contribution in [0, 0.1) is 0 Å². The van der Waals surface area contributed by atoms with Gasteiger partial charge in [0.25, 0.3) is 0 Å². The second-order valence-electron chi connectivity index (χ2n) is 7.13. The van der Waals surface area contributed by atoms with E-state index in [-0.39, 0.29) is 17.6 Å². The van der Waals surface area contributed by atoms with Crippen molar-refractivity contribution in [2.45, 2.75) is 51.6 Å². The van der Waals surface area contributed by atoms with Crippen LogP contribution in [-0.2, 0) is 6.42 Å². The van der Waals surface area contributed by atoms with E-state index in [1.54, 1.807) is 12.4 Å². The summed E-state index contributed by atoms with van der Waals surface area (Å²) in [6, 6.07) is 3.62. The average Bonchev–Trinajstić information content (AvgIpc) is 2.54. The van der Waals surface area contributed by atoms with E-state index in [0.717, 1.165) is 36.1 Å². The highest BCUT2D eigenvalue weighted by atomic mass is 16.2. The molecule has 24 heavy (non-hydrogen) atoms. The van der Waals surface area contributed by atoms with Crippen molar-refractivity contribution in [2.24, 2.45) is 0 Å². The maximum atomic E-state index is 12.2. The molecule has 2 amide bonds. The Labute approximate surface area is 142 Å². The number of aromatic nitrogens is 3. The van der Waals surface area contributed by atoms with Gasteiger partial charge in [-0.2, -0.15) is 0 Å². The van der Waals surface area contributed by atoms with Gasteiger partial charge in [0.15, 0.2) is 5.82 Å². The first-order valence-electron chi connectivity index (χ1n) is 8.27. The van der Waals surface area contributed by atoms with Crippen molar-refractivity contribution in [1.82, 2.24) is 25.6 Å². The third-order valence-electron chi connectivity index (χ3n) is 3.90. The average molecular weight is 325 g/mol. The van der Waals surface area contributed by atoms with Gasteiger partial charge in [0.1, 0.15) is 0 Å². The molecule has 2 aromatic rings. The fourth-order valence-electron chi connectivity index (χ4n) is 2.87. The second-order valence-corrected chi connectivity index (χ2v) is 7.13. The van der Waals surface area contributed by atoms with Crippen LogP contribution in [0.5, 0.6) is 0 Å².